The summed E-state index contributed by atoms with van der Waals surface area (Å²) in [5.74, 6) is -0.718. The predicted molar refractivity (Wildman–Crippen MR) is 74.7 cm³/mol. The van der Waals surface area contributed by atoms with E-state index in [0.717, 1.165) is 5.69 Å². The van der Waals surface area contributed by atoms with Crippen LogP contribution in [0.1, 0.15) is 38.8 Å². The van der Waals surface area contributed by atoms with E-state index in [1.165, 1.54) is 23.3 Å². The molecule has 2 amide bonds. The van der Waals surface area contributed by atoms with Gasteiger partial charge in [0.1, 0.15) is 6.04 Å². The number of thiazole rings is 1. The standard InChI is InChI=1S/C12H19N3O3S/c1-5-9(10(16)17)15(4)12(18)14-11-13-8(6-19-11)7(2)3/h6-7,9H,5H2,1-4H3,(H,16,17)(H,13,14,18). The van der Waals surface area contributed by atoms with Crippen molar-refractivity contribution in [1.82, 2.24) is 9.88 Å². The van der Waals surface area contributed by atoms with Crippen LogP contribution in [0.25, 0.3) is 0 Å². The second-order valence-electron chi connectivity index (χ2n) is 4.54. The molecule has 1 aromatic heterocycles. The van der Waals surface area contributed by atoms with Gasteiger partial charge in [0.2, 0.25) is 0 Å². The molecule has 1 heterocycles. The van der Waals surface area contributed by atoms with Gasteiger partial charge in [0.05, 0.1) is 5.69 Å². The molecule has 19 heavy (non-hydrogen) atoms. The van der Waals surface area contributed by atoms with E-state index >= 15 is 0 Å². The summed E-state index contributed by atoms with van der Waals surface area (Å²) in [6.45, 7) is 5.76. The first-order valence-corrected chi connectivity index (χ1v) is 6.96. The molecule has 0 saturated carbocycles. The maximum atomic E-state index is 11.9. The summed E-state index contributed by atoms with van der Waals surface area (Å²) in [5, 5.41) is 14.0. The fourth-order valence-corrected chi connectivity index (χ4v) is 2.41. The van der Waals surface area contributed by atoms with Crippen LogP contribution < -0.4 is 5.32 Å². The predicted octanol–water partition coefficient (Wildman–Crippen LogP) is 2.59. The molecule has 0 aliphatic carbocycles. The third-order valence-electron chi connectivity index (χ3n) is 2.79. The molecule has 1 aromatic rings. The number of nitrogens with zero attached hydrogens (tertiary/aromatic N) is 2. The van der Waals surface area contributed by atoms with Crippen LogP contribution in [0.15, 0.2) is 5.38 Å². The van der Waals surface area contributed by atoms with Gasteiger partial charge in [-0.25, -0.2) is 14.6 Å². The lowest BCUT2D eigenvalue weighted by molar-refractivity contribution is -0.141. The highest BCUT2D eigenvalue weighted by molar-refractivity contribution is 7.13. The zero-order valence-electron chi connectivity index (χ0n) is 11.5. The number of carboxylic acid groups (broad SMARTS) is 1. The monoisotopic (exact) mass is 285 g/mol. The Bertz CT molecular complexity index is 459. The van der Waals surface area contributed by atoms with Gasteiger partial charge in [-0.05, 0) is 12.3 Å². The number of likely N-dealkylation sites (N-methyl/N-ethyl adjacent to an activating group) is 1. The molecule has 0 bridgehead atoms. The molecule has 1 atom stereocenters. The molecule has 7 heteroatoms. The number of rotatable bonds is 5. The maximum absolute atomic E-state index is 11.9. The normalized spacial score (nSPS) is 12.3. The highest BCUT2D eigenvalue weighted by Gasteiger charge is 2.25. The van der Waals surface area contributed by atoms with Crippen LogP contribution in [0.4, 0.5) is 9.93 Å². The summed E-state index contributed by atoms with van der Waals surface area (Å²) in [7, 11) is 1.47. The Kier molecular flexibility index (Phi) is 5.29. The Morgan fingerprint density at radius 1 is 1.53 bits per heavy atom. The van der Waals surface area contributed by atoms with Crippen molar-refractivity contribution in [2.75, 3.05) is 12.4 Å². The molecule has 0 saturated heterocycles. The van der Waals surface area contributed by atoms with E-state index in [-0.39, 0.29) is 0 Å². The molecule has 1 rings (SSSR count). The van der Waals surface area contributed by atoms with E-state index in [9.17, 15) is 9.59 Å². The highest BCUT2D eigenvalue weighted by Crippen LogP contribution is 2.21. The first-order chi connectivity index (χ1) is 8.86. The Morgan fingerprint density at radius 2 is 2.16 bits per heavy atom. The summed E-state index contributed by atoms with van der Waals surface area (Å²) in [5.41, 5.74) is 0.910. The molecule has 1 unspecified atom stereocenters. The van der Waals surface area contributed by atoms with Crippen LogP contribution in [0, 0.1) is 0 Å². The number of nitrogens with one attached hydrogen (secondary N) is 1. The number of carboxylic acids is 1. The molecular formula is C12H19N3O3S. The van der Waals surface area contributed by atoms with E-state index in [1.54, 1.807) is 6.92 Å². The van der Waals surface area contributed by atoms with E-state index in [4.69, 9.17) is 5.11 Å². The van der Waals surface area contributed by atoms with Gasteiger partial charge in [0.15, 0.2) is 5.13 Å². The Balaban J connectivity index is 2.70. The van der Waals surface area contributed by atoms with Crippen molar-refractivity contribution in [3.8, 4) is 0 Å². The van der Waals surface area contributed by atoms with E-state index in [0.29, 0.717) is 17.5 Å². The van der Waals surface area contributed by atoms with Gasteiger partial charge in [-0.1, -0.05) is 20.8 Å². The molecule has 0 aromatic carbocycles. The molecule has 0 aliphatic heterocycles. The second-order valence-corrected chi connectivity index (χ2v) is 5.39. The highest BCUT2D eigenvalue weighted by atomic mass is 32.1. The molecule has 106 valence electrons. The first-order valence-electron chi connectivity index (χ1n) is 6.08. The van der Waals surface area contributed by atoms with Crippen LogP contribution in [-0.2, 0) is 4.79 Å². The molecule has 0 aliphatic rings. The molecule has 0 spiro atoms. The van der Waals surface area contributed by atoms with Crippen molar-refractivity contribution in [2.24, 2.45) is 0 Å². The fraction of sp³-hybridized carbons (Fsp3) is 0.583. The molecule has 0 radical (unpaired) electrons. The lowest BCUT2D eigenvalue weighted by Gasteiger charge is -2.23. The second kappa shape index (κ2) is 6.51. The minimum Gasteiger partial charge on any atom is -0.480 e. The summed E-state index contributed by atoms with van der Waals surface area (Å²) < 4.78 is 0. The van der Waals surface area contributed by atoms with Gasteiger partial charge in [-0.2, -0.15) is 0 Å². The number of carbonyl (C=O) groups is 2. The molecule has 6 nitrogen and oxygen atoms in total. The molecule has 0 fully saturated rings. The number of aliphatic carboxylic acids is 1. The zero-order valence-corrected chi connectivity index (χ0v) is 12.3. The van der Waals surface area contributed by atoms with Gasteiger partial charge in [0.25, 0.3) is 0 Å². The number of anilines is 1. The summed E-state index contributed by atoms with van der Waals surface area (Å²) in [6.07, 6.45) is 0.356. The third-order valence-corrected chi connectivity index (χ3v) is 3.56. The van der Waals surface area contributed by atoms with Gasteiger partial charge < -0.3 is 10.0 Å². The Hall–Kier alpha value is -1.63. The number of hydrogen-bond donors (Lipinski definition) is 2. The van der Waals surface area contributed by atoms with E-state index in [1.807, 2.05) is 19.2 Å². The lowest BCUT2D eigenvalue weighted by Crippen LogP contribution is -2.44. The van der Waals surface area contributed by atoms with Crippen molar-refractivity contribution in [3.63, 3.8) is 0 Å². The smallest absolute Gasteiger partial charge is 0.326 e. The van der Waals surface area contributed by atoms with Gasteiger partial charge >= 0.3 is 12.0 Å². The van der Waals surface area contributed by atoms with Crippen molar-refractivity contribution >= 4 is 28.5 Å². The first kappa shape index (κ1) is 15.4. The minimum atomic E-state index is -1.01. The average molecular weight is 285 g/mol. The van der Waals surface area contributed by atoms with Gasteiger partial charge in [-0.15, -0.1) is 11.3 Å². The van der Waals surface area contributed by atoms with Crippen molar-refractivity contribution in [1.29, 1.82) is 0 Å². The van der Waals surface area contributed by atoms with Crippen LogP contribution in [0.5, 0.6) is 0 Å². The Morgan fingerprint density at radius 3 is 2.58 bits per heavy atom. The number of aromatic nitrogens is 1. The quantitative estimate of drug-likeness (QED) is 0.871. The largest absolute Gasteiger partial charge is 0.480 e. The van der Waals surface area contributed by atoms with Crippen molar-refractivity contribution < 1.29 is 14.7 Å². The van der Waals surface area contributed by atoms with Crippen molar-refractivity contribution in [2.45, 2.75) is 39.2 Å². The minimum absolute atomic E-state index is 0.294. The summed E-state index contributed by atoms with van der Waals surface area (Å²) in [6, 6.07) is -1.29. The molecule has 2 N–H and O–H groups in total. The van der Waals surface area contributed by atoms with Gasteiger partial charge in [0, 0.05) is 12.4 Å². The number of urea groups is 1. The van der Waals surface area contributed by atoms with Crippen LogP contribution in [-0.4, -0.2) is 40.1 Å². The van der Waals surface area contributed by atoms with E-state index in [2.05, 4.69) is 10.3 Å². The SMILES string of the molecule is CCC(C(=O)O)N(C)C(=O)Nc1nc(C(C)C)cs1. The number of hydrogen-bond acceptors (Lipinski definition) is 4. The van der Waals surface area contributed by atoms with Gasteiger partial charge in [-0.3, -0.25) is 5.32 Å². The van der Waals surface area contributed by atoms with E-state index < -0.39 is 18.0 Å². The maximum Gasteiger partial charge on any atom is 0.326 e. The zero-order chi connectivity index (χ0) is 14.6. The lowest BCUT2D eigenvalue weighted by atomic mass is 10.2. The van der Waals surface area contributed by atoms with Crippen LogP contribution in [0.2, 0.25) is 0 Å². The van der Waals surface area contributed by atoms with Crippen LogP contribution in [0.3, 0.4) is 0 Å². The summed E-state index contributed by atoms with van der Waals surface area (Å²) in [4.78, 5) is 28.4. The number of carbonyl (C=O) groups excluding carboxylic acids is 1. The Labute approximate surface area is 116 Å². The number of amides is 2. The van der Waals surface area contributed by atoms with Crippen molar-refractivity contribution in [3.05, 3.63) is 11.1 Å². The third kappa shape index (κ3) is 3.92. The topological polar surface area (TPSA) is 82.5 Å². The van der Waals surface area contributed by atoms with Crippen LogP contribution >= 0.6 is 11.3 Å². The average Bonchev–Trinajstić information content (AvgIpc) is 2.77. The fourth-order valence-electron chi connectivity index (χ4n) is 1.54. The molecular weight excluding hydrogens is 266 g/mol. The summed E-state index contributed by atoms with van der Waals surface area (Å²) >= 11 is 1.33.